The third-order valence-electron chi connectivity index (χ3n) is 4.32. The standard InChI is InChI=1S/C18H39N/c1-4-6-8-10-12-14-18(15-17(3)16-19)13-11-9-7-5-2/h17-18H,4-16,19H2,1-3H3/t17?,18-/m1/s1. The first-order chi connectivity index (χ1) is 9.24. The van der Waals surface area contributed by atoms with Crippen LogP contribution in [0.4, 0.5) is 0 Å². The Morgan fingerprint density at radius 3 is 1.68 bits per heavy atom. The minimum absolute atomic E-state index is 0.715. The van der Waals surface area contributed by atoms with Crippen LogP contribution in [0, 0.1) is 11.8 Å². The Bertz CT molecular complexity index is 167. The zero-order chi connectivity index (χ0) is 14.3. The van der Waals surface area contributed by atoms with Crippen LogP contribution in [0.1, 0.15) is 97.8 Å². The van der Waals surface area contributed by atoms with Crippen LogP contribution >= 0.6 is 0 Å². The van der Waals surface area contributed by atoms with E-state index in [-0.39, 0.29) is 0 Å². The van der Waals surface area contributed by atoms with Gasteiger partial charge in [-0.1, -0.05) is 91.4 Å². The molecule has 0 aliphatic rings. The van der Waals surface area contributed by atoms with Crippen molar-refractivity contribution in [2.45, 2.75) is 97.8 Å². The molecule has 0 saturated heterocycles. The summed E-state index contributed by atoms with van der Waals surface area (Å²) < 4.78 is 0. The molecule has 0 fully saturated rings. The topological polar surface area (TPSA) is 26.0 Å². The van der Waals surface area contributed by atoms with Crippen LogP contribution < -0.4 is 5.73 Å². The van der Waals surface area contributed by atoms with Gasteiger partial charge in [0.15, 0.2) is 0 Å². The molecule has 1 unspecified atom stereocenters. The van der Waals surface area contributed by atoms with Crippen molar-refractivity contribution < 1.29 is 0 Å². The molecule has 0 radical (unpaired) electrons. The van der Waals surface area contributed by atoms with Crippen LogP contribution in [-0.2, 0) is 0 Å². The van der Waals surface area contributed by atoms with E-state index in [4.69, 9.17) is 5.73 Å². The highest BCUT2D eigenvalue weighted by Crippen LogP contribution is 2.24. The van der Waals surface area contributed by atoms with Crippen LogP contribution in [0.25, 0.3) is 0 Å². The zero-order valence-electron chi connectivity index (χ0n) is 13.9. The van der Waals surface area contributed by atoms with Gasteiger partial charge in [-0.15, -0.1) is 0 Å². The molecule has 1 nitrogen and oxygen atoms in total. The highest BCUT2D eigenvalue weighted by Gasteiger charge is 2.12. The molecule has 0 aromatic carbocycles. The summed E-state index contributed by atoms with van der Waals surface area (Å²) >= 11 is 0. The number of rotatable bonds is 14. The molecular formula is C18H39N. The molecule has 0 aromatic rings. The van der Waals surface area contributed by atoms with E-state index in [9.17, 15) is 0 Å². The van der Waals surface area contributed by atoms with Gasteiger partial charge < -0.3 is 5.73 Å². The highest BCUT2D eigenvalue weighted by molar-refractivity contribution is 4.65. The molecule has 116 valence electrons. The molecule has 2 N–H and O–H groups in total. The molecule has 0 amide bonds. The summed E-state index contributed by atoms with van der Waals surface area (Å²) in [6, 6.07) is 0. The quantitative estimate of drug-likeness (QED) is 0.389. The maximum absolute atomic E-state index is 5.79. The van der Waals surface area contributed by atoms with Crippen LogP contribution in [0.2, 0.25) is 0 Å². The van der Waals surface area contributed by atoms with Gasteiger partial charge in [0, 0.05) is 0 Å². The molecule has 19 heavy (non-hydrogen) atoms. The summed E-state index contributed by atoms with van der Waals surface area (Å²) in [5.41, 5.74) is 5.79. The van der Waals surface area contributed by atoms with E-state index in [2.05, 4.69) is 20.8 Å². The van der Waals surface area contributed by atoms with E-state index in [0.29, 0.717) is 5.92 Å². The summed E-state index contributed by atoms with van der Waals surface area (Å²) in [5, 5.41) is 0. The first-order valence-electron chi connectivity index (χ1n) is 8.94. The van der Waals surface area contributed by atoms with E-state index >= 15 is 0 Å². The number of hydrogen-bond donors (Lipinski definition) is 1. The minimum atomic E-state index is 0.715. The van der Waals surface area contributed by atoms with Crippen LogP contribution in [0.3, 0.4) is 0 Å². The van der Waals surface area contributed by atoms with Gasteiger partial charge in [-0.25, -0.2) is 0 Å². The van der Waals surface area contributed by atoms with Crippen molar-refractivity contribution in [3.05, 3.63) is 0 Å². The molecule has 0 saturated carbocycles. The highest BCUT2D eigenvalue weighted by atomic mass is 14.5. The fraction of sp³-hybridized carbons (Fsp3) is 1.00. The first-order valence-corrected chi connectivity index (χ1v) is 8.94. The molecule has 0 aliphatic heterocycles. The van der Waals surface area contributed by atoms with Crippen molar-refractivity contribution in [2.75, 3.05) is 6.54 Å². The largest absolute Gasteiger partial charge is 0.330 e. The second-order valence-electron chi connectivity index (χ2n) is 6.49. The van der Waals surface area contributed by atoms with Gasteiger partial charge in [0.2, 0.25) is 0 Å². The second-order valence-corrected chi connectivity index (χ2v) is 6.49. The third kappa shape index (κ3) is 12.7. The Morgan fingerprint density at radius 1 is 0.737 bits per heavy atom. The number of unbranched alkanes of at least 4 members (excludes halogenated alkanes) is 7. The maximum Gasteiger partial charge on any atom is -0.00514 e. The van der Waals surface area contributed by atoms with E-state index in [1.807, 2.05) is 0 Å². The molecule has 0 rings (SSSR count). The average molecular weight is 270 g/mol. The van der Waals surface area contributed by atoms with Crippen LogP contribution in [0.15, 0.2) is 0 Å². The molecule has 1 heteroatoms. The average Bonchev–Trinajstić information content (AvgIpc) is 2.42. The summed E-state index contributed by atoms with van der Waals surface area (Å²) in [7, 11) is 0. The lowest BCUT2D eigenvalue weighted by atomic mass is 9.87. The number of hydrogen-bond acceptors (Lipinski definition) is 1. The molecule has 0 bridgehead atoms. The van der Waals surface area contributed by atoms with Gasteiger partial charge in [0.1, 0.15) is 0 Å². The Kier molecular flexibility index (Phi) is 14.3. The SMILES string of the molecule is CCCCCCC[C@@H](CCCCCC)CC(C)CN. The van der Waals surface area contributed by atoms with Gasteiger partial charge in [0.25, 0.3) is 0 Å². The lowest BCUT2D eigenvalue weighted by Crippen LogP contribution is -2.15. The maximum atomic E-state index is 5.79. The van der Waals surface area contributed by atoms with E-state index in [1.165, 1.54) is 77.0 Å². The summed E-state index contributed by atoms with van der Waals surface area (Å²) in [6.45, 7) is 7.76. The first kappa shape index (κ1) is 19.0. The number of nitrogens with two attached hydrogens (primary N) is 1. The summed E-state index contributed by atoms with van der Waals surface area (Å²) in [5.74, 6) is 1.66. The Balaban J connectivity index is 3.76. The van der Waals surface area contributed by atoms with E-state index in [1.54, 1.807) is 0 Å². The van der Waals surface area contributed by atoms with Crippen LogP contribution in [-0.4, -0.2) is 6.54 Å². The monoisotopic (exact) mass is 269 g/mol. The Hall–Kier alpha value is -0.0400. The molecule has 0 spiro atoms. The van der Waals surface area contributed by atoms with Crippen molar-refractivity contribution in [3.8, 4) is 0 Å². The lowest BCUT2D eigenvalue weighted by molar-refractivity contribution is 0.332. The van der Waals surface area contributed by atoms with Crippen LogP contribution in [0.5, 0.6) is 0 Å². The fourth-order valence-corrected chi connectivity index (χ4v) is 2.94. The Morgan fingerprint density at radius 2 is 1.21 bits per heavy atom. The summed E-state index contributed by atoms with van der Waals surface area (Å²) in [6.07, 6.45) is 17.0. The van der Waals surface area contributed by atoms with Gasteiger partial charge in [-0.05, 0) is 24.8 Å². The molecule has 0 aliphatic carbocycles. The van der Waals surface area contributed by atoms with Gasteiger partial charge in [0.05, 0.1) is 0 Å². The third-order valence-corrected chi connectivity index (χ3v) is 4.32. The zero-order valence-corrected chi connectivity index (χ0v) is 13.9. The molecule has 0 aromatic heterocycles. The second kappa shape index (κ2) is 14.4. The normalized spacial score (nSPS) is 14.5. The van der Waals surface area contributed by atoms with Gasteiger partial charge in [-0.2, -0.15) is 0 Å². The van der Waals surface area contributed by atoms with Crippen molar-refractivity contribution in [1.29, 1.82) is 0 Å². The van der Waals surface area contributed by atoms with Gasteiger partial charge >= 0.3 is 0 Å². The predicted molar refractivity (Wildman–Crippen MR) is 88.5 cm³/mol. The van der Waals surface area contributed by atoms with Crippen molar-refractivity contribution in [3.63, 3.8) is 0 Å². The lowest BCUT2D eigenvalue weighted by Gasteiger charge is -2.20. The smallest absolute Gasteiger partial charge is 0.00514 e. The van der Waals surface area contributed by atoms with Crippen molar-refractivity contribution in [1.82, 2.24) is 0 Å². The van der Waals surface area contributed by atoms with Crippen molar-refractivity contribution >= 4 is 0 Å². The van der Waals surface area contributed by atoms with Crippen molar-refractivity contribution in [2.24, 2.45) is 17.6 Å². The summed E-state index contributed by atoms with van der Waals surface area (Å²) in [4.78, 5) is 0. The molecular weight excluding hydrogens is 230 g/mol. The molecule has 2 atom stereocenters. The fourth-order valence-electron chi connectivity index (χ4n) is 2.94. The van der Waals surface area contributed by atoms with E-state index in [0.717, 1.165) is 12.5 Å². The van der Waals surface area contributed by atoms with Gasteiger partial charge in [-0.3, -0.25) is 0 Å². The predicted octanol–water partition coefficient (Wildman–Crippen LogP) is 5.92. The Labute approximate surface area is 122 Å². The minimum Gasteiger partial charge on any atom is -0.330 e. The van der Waals surface area contributed by atoms with E-state index < -0.39 is 0 Å². The molecule has 0 heterocycles.